The van der Waals surface area contributed by atoms with Gasteiger partial charge in [-0.25, -0.2) is 18.1 Å². The molecule has 0 spiro atoms. The molecule has 25 heavy (non-hydrogen) atoms. The first-order valence-corrected chi connectivity index (χ1v) is 11.1. The summed E-state index contributed by atoms with van der Waals surface area (Å²) < 4.78 is 34.4. The van der Waals surface area contributed by atoms with Crippen molar-refractivity contribution in [2.24, 2.45) is 0 Å². The van der Waals surface area contributed by atoms with E-state index < -0.39 is 10.0 Å². The molecule has 0 amide bonds. The van der Waals surface area contributed by atoms with Crippen molar-refractivity contribution in [1.29, 1.82) is 0 Å². The zero-order chi connectivity index (χ0) is 17.9. The molecule has 1 aromatic carbocycles. The molecular formula is C18H24N2O3S2. The fourth-order valence-electron chi connectivity index (χ4n) is 3.15. The van der Waals surface area contributed by atoms with E-state index in [0.29, 0.717) is 12.4 Å². The molecule has 2 aromatic rings. The van der Waals surface area contributed by atoms with Crippen LogP contribution < -0.4 is 9.46 Å². The van der Waals surface area contributed by atoms with Crippen LogP contribution in [0.25, 0.3) is 11.3 Å². The number of thiazole rings is 1. The fourth-order valence-corrected chi connectivity index (χ4v) is 5.25. The third kappa shape index (κ3) is 4.40. The molecule has 0 bridgehead atoms. The lowest BCUT2D eigenvalue weighted by Gasteiger charge is -2.23. The van der Waals surface area contributed by atoms with Gasteiger partial charge in [0.2, 0.25) is 10.0 Å². The summed E-state index contributed by atoms with van der Waals surface area (Å²) in [5, 5.41) is 2.89. The van der Waals surface area contributed by atoms with Gasteiger partial charge in [0.15, 0.2) is 0 Å². The van der Waals surface area contributed by atoms with E-state index in [1.165, 1.54) is 6.42 Å². The Kier molecular flexibility index (Phi) is 5.76. The molecule has 0 unspecified atom stereocenters. The van der Waals surface area contributed by atoms with Gasteiger partial charge in [-0.1, -0.05) is 19.3 Å². The van der Waals surface area contributed by atoms with Gasteiger partial charge in [0.1, 0.15) is 10.6 Å². The molecule has 0 atom stereocenters. The number of rotatable bonds is 6. The summed E-state index contributed by atoms with van der Waals surface area (Å²) in [6.07, 6.45) is 5.12. The topological polar surface area (TPSA) is 68.3 Å². The Morgan fingerprint density at radius 3 is 2.68 bits per heavy atom. The Balaban J connectivity index is 1.95. The normalized spacial score (nSPS) is 16.1. The molecule has 1 aromatic heterocycles. The number of ether oxygens (including phenoxy) is 1. The first kappa shape index (κ1) is 18.4. The number of sulfonamides is 1. The van der Waals surface area contributed by atoms with Crippen LogP contribution in [0.4, 0.5) is 0 Å². The van der Waals surface area contributed by atoms with Crippen LogP contribution in [0.3, 0.4) is 0 Å². The van der Waals surface area contributed by atoms with Crippen molar-refractivity contribution >= 4 is 21.4 Å². The summed E-state index contributed by atoms with van der Waals surface area (Å²) in [5.74, 6) is 0.390. The van der Waals surface area contributed by atoms with Crippen LogP contribution in [-0.2, 0) is 10.0 Å². The Labute approximate surface area is 153 Å². The lowest BCUT2D eigenvalue weighted by molar-refractivity contribution is 0.330. The van der Waals surface area contributed by atoms with Crippen molar-refractivity contribution in [3.05, 3.63) is 28.6 Å². The molecule has 1 N–H and O–H groups in total. The van der Waals surface area contributed by atoms with Crippen LogP contribution >= 0.6 is 11.3 Å². The summed E-state index contributed by atoms with van der Waals surface area (Å²) in [5.41, 5.74) is 1.58. The van der Waals surface area contributed by atoms with E-state index in [0.717, 1.165) is 41.9 Å². The number of benzene rings is 1. The van der Waals surface area contributed by atoms with Crippen LogP contribution in [0, 0.1) is 6.92 Å². The van der Waals surface area contributed by atoms with Crippen LogP contribution in [0.15, 0.2) is 28.5 Å². The van der Waals surface area contributed by atoms with Gasteiger partial charge < -0.3 is 4.74 Å². The van der Waals surface area contributed by atoms with Crippen molar-refractivity contribution in [2.75, 3.05) is 6.61 Å². The van der Waals surface area contributed by atoms with E-state index in [4.69, 9.17) is 4.74 Å². The highest BCUT2D eigenvalue weighted by Crippen LogP contribution is 2.31. The summed E-state index contributed by atoms with van der Waals surface area (Å²) in [6.45, 7) is 4.20. The molecule has 1 heterocycles. The zero-order valence-electron chi connectivity index (χ0n) is 14.6. The van der Waals surface area contributed by atoms with Crippen molar-refractivity contribution in [3.8, 4) is 17.0 Å². The van der Waals surface area contributed by atoms with Gasteiger partial charge in [-0.2, -0.15) is 0 Å². The van der Waals surface area contributed by atoms with E-state index in [1.807, 2.05) is 25.3 Å². The lowest BCUT2D eigenvalue weighted by atomic mass is 9.96. The first-order chi connectivity index (χ1) is 12.0. The molecule has 0 radical (unpaired) electrons. The quantitative estimate of drug-likeness (QED) is 0.818. The highest BCUT2D eigenvalue weighted by atomic mass is 32.2. The molecular weight excluding hydrogens is 356 g/mol. The van der Waals surface area contributed by atoms with E-state index in [9.17, 15) is 8.42 Å². The second-order valence-electron chi connectivity index (χ2n) is 6.30. The molecule has 1 aliphatic carbocycles. The SMILES string of the molecule is CCOc1ccc(-c2csc(C)n2)cc1S(=O)(=O)NC1CCCCC1. The molecule has 5 nitrogen and oxygen atoms in total. The van der Waals surface area contributed by atoms with Crippen LogP contribution in [0.5, 0.6) is 5.75 Å². The zero-order valence-corrected chi connectivity index (χ0v) is 16.3. The van der Waals surface area contributed by atoms with Gasteiger partial charge in [0.25, 0.3) is 0 Å². The van der Waals surface area contributed by atoms with E-state index in [1.54, 1.807) is 23.5 Å². The maximum atomic E-state index is 13.0. The molecule has 7 heteroatoms. The second-order valence-corrected chi connectivity index (χ2v) is 9.05. The number of hydrogen-bond donors (Lipinski definition) is 1. The summed E-state index contributed by atoms with van der Waals surface area (Å²) in [6, 6.07) is 5.27. The van der Waals surface area contributed by atoms with Gasteiger partial charge in [-0.3, -0.25) is 0 Å². The molecule has 0 saturated heterocycles. The second kappa shape index (κ2) is 7.85. The average molecular weight is 381 g/mol. The molecule has 136 valence electrons. The minimum atomic E-state index is -3.64. The maximum Gasteiger partial charge on any atom is 0.244 e. The maximum absolute atomic E-state index is 13.0. The van der Waals surface area contributed by atoms with Crippen LogP contribution in [0.2, 0.25) is 0 Å². The van der Waals surface area contributed by atoms with Crippen LogP contribution in [0.1, 0.15) is 44.0 Å². The predicted octanol–water partition coefficient (Wildman–Crippen LogP) is 4.13. The summed E-state index contributed by atoms with van der Waals surface area (Å²) in [4.78, 5) is 4.66. The minimum Gasteiger partial charge on any atom is -0.492 e. The number of aromatic nitrogens is 1. The third-order valence-corrected chi connectivity index (χ3v) is 6.69. The number of nitrogens with one attached hydrogen (secondary N) is 1. The molecule has 1 fully saturated rings. The molecule has 1 aliphatic rings. The van der Waals surface area contributed by atoms with Gasteiger partial charge in [-0.15, -0.1) is 11.3 Å². The van der Waals surface area contributed by atoms with Crippen LogP contribution in [-0.4, -0.2) is 26.1 Å². The standard InChI is InChI=1S/C18H24N2O3S2/c1-3-23-17-10-9-14(16-12-24-13(2)19-16)11-18(17)25(21,22)20-15-7-5-4-6-8-15/h9-12,15,20H,3-8H2,1-2H3. The van der Waals surface area contributed by atoms with E-state index in [-0.39, 0.29) is 10.9 Å². The predicted molar refractivity (Wildman–Crippen MR) is 101 cm³/mol. The largest absolute Gasteiger partial charge is 0.492 e. The van der Waals surface area contributed by atoms with Gasteiger partial charge in [0, 0.05) is 17.0 Å². The highest BCUT2D eigenvalue weighted by Gasteiger charge is 2.25. The first-order valence-electron chi connectivity index (χ1n) is 8.71. The molecule has 3 rings (SSSR count). The van der Waals surface area contributed by atoms with E-state index >= 15 is 0 Å². The smallest absolute Gasteiger partial charge is 0.244 e. The molecule has 1 saturated carbocycles. The number of hydrogen-bond acceptors (Lipinski definition) is 5. The van der Waals surface area contributed by atoms with E-state index in [2.05, 4.69) is 9.71 Å². The number of nitrogens with zero attached hydrogens (tertiary/aromatic N) is 1. The number of aryl methyl sites for hydroxylation is 1. The summed E-state index contributed by atoms with van der Waals surface area (Å²) >= 11 is 1.55. The van der Waals surface area contributed by atoms with Crippen molar-refractivity contribution in [2.45, 2.75) is 56.9 Å². The van der Waals surface area contributed by atoms with Gasteiger partial charge >= 0.3 is 0 Å². The van der Waals surface area contributed by atoms with Crippen molar-refractivity contribution in [1.82, 2.24) is 9.71 Å². The third-order valence-electron chi connectivity index (χ3n) is 4.37. The van der Waals surface area contributed by atoms with Gasteiger partial charge in [-0.05, 0) is 44.9 Å². The van der Waals surface area contributed by atoms with Gasteiger partial charge in [0.05, 0.1) is 17.3 Å². The van der Waals surface area contributed by atoms with Crippen molar-refractivity contribution in [3.63, 3.8) is 0 Å². The lowest BCUT2D eigenvalue weighted by Crippen LogP contribution is -2.36. The Bertz CT molecular complexity index is 825. The fraction of sp³-hybridized carbons (Fsp3) is 0.500. The summed E-state index contributed by atoms with van der Waals surface area (Å²) in [7, 11) is -3.64. The average Bonchev–Trinajstić information content (AvgIpc) is 3.02. The van der Waals surface area contributed by atoms with Crippen molar-refractivity contribution < 1.29 is 13.2 Å². The highest BCUT2D eigenvalue weighted by molar-refractivity contribution is 7.89. The Morgan fingerprint density at radius 1 is 1.28 bits per heavy atom. The monoisotopic (exact) mass is 380 g/mol. The Hall–Kier alpha value is -1.44. The Morgan fingerprint density at radius 2 is 2.04 bits per heavy atom. The minimum absolute atomic E-state index is 0.0124. The molecule has 0 aliphatic heterocycles.